The summed E-state index contributed by atoms with van der Waals surface area (Å²) in [6.45, 7) is 0. The highest BCUT2D eigenvalue weighted by molar-refractivity contribution is 6.05. The fourth-order valence-corrected chi connectivity index (χ4v) is 14.7. The predicted octanol–water partition coefficient (Wildman–Crippen LogP) is 19.2. The molecule has 8 bridgehead atoms. The molecule has 5 heterocycles. The third kappa shape index (κ3) is 10.0. The molecule has 0 unspecified atom stereocenters. The summed E-state index contributed by atoms with van der Waals surface area (Å²) in [5, 5.41) is 4.10. The van der Waals surface area contributed by atoms with Crippen molar-refractivity contribution in [3.05, 3.63) is 443 Å². The second kappa shape index (κ2) is 25.0. The van der Waals surface area contributed by atoms with Gasteiger partial charge in [-0.3, -0.25) is 0 Å². The Kier molecular flexibility index (Phi) is 14.9. The molecule has 0 saturated heterocycles. The molecule has 0 fully saturated rings. The zero-order chi connectivity index (χ0) is 63.7. The maximum Gasteiger partial charge on any atom is 0.0647 e. The van der Waals surface area contributed by atoms with Crippen LogP contribution in [0.4, 0.5) is 0 Å². The Morgan fingerprint density at radius 3 is 0.583 bits per heavy atom. The van der Waals surface area contributed by atoms with E-state index < -0.39 is 0 Å². The molecular weight excluding hydrogens is 1160 g/mol. The van der Waals surface area contributed by atoms with Gasteiger partial charge in [0.15, 0.2) is 0 Å². The van der Waals surface area contributed by atoms with E-state index in [1.165, 1.54) is 0 Å². The highest BCUT2D eigenvalue weighted by Crippen LogP contribution is 2.47. The van der Waals surface area contributed by atoms with Gasteiger partial charge in [0.05, 0.1) is 32.8 Å². The van der Waals surface area contributed by atoms with E-state index in [1.54, 1.807) is 0 Å². The number of nitrogens with one attached hydrogen (secondary N) is 2. The summed E-state index contributed by atoms with van der Waals surface area (Å²) < 4.78 is 5.19. The molecule has 0 atom stereocenters. The summed E-state index contributed by atoms with van der Waals surface area (Å²) in [4.78, 5) is 8.97. The van der Waals surface area contributed by atoms with Crippen LogP contribution in [0.3, 0.4) is 0 Å². The number of fused-ring (bicyclic) bond motifs is 8. The fourth-order valence-electron chi connectivity index (χ4n) is 14.7. The van der Waals surface area contributed by atoms with Crippen molar-refractivity contribution in [1.82, 2.24) is 19.1 Å². The van der Waals surface area contributed by atoms with Gasteiger partial charge in [-0.25, -0.2) is 0 Å². The number of rotatable bonds is 12. The van der Waals surface area contributed by atoms with Crippen molar-refractivity contribution in [1.29, 1.82) is 0 Å². The van der Waals surface area contributed by atoms with E-state index in [0.717, 1.165) is 167 Å². The Hall–Kier alpha value is -12.8. The molecule has 1 aliphatic rings. The van der Waals surface area contributed by atoms with Crippen LogP contribution in [-0.4, -0.2) is 19.1 Å². The predicted molar refractivity (Wildman–Crippen MR) is 396 cm³/mol. The average Bonchev–Trinajstić information content (AvgIpc) is 1.57. The Balaban J connectivity index is 1.29. The third-order valence-corrected chi connectivity index (χ3v) is 18.7. The lowest BCUT2D eigenvalue weighted by Gasteiger charge is -2.17. The van der Waals surface area contributed by atoms with Gasteiger partial charge in [-0.15, -0.1) is 0 Å². The minimum absolute atomic E-state index is 0.952. The van der Waals surface area contributed by atoms with Crippen molar-refractivity contribution in [3.63, 3.8) is 0 Å². The molecule has 17 rings (SSSR count). The standard InChI is InChI=1S/C92H64N4/c1-13-37-63(38-14-1)77-75-61-62-76(93-75)78(64-39-15-2-16-40-64)90-82(68-47-23-6-24-48-68)84(70-51-27-8-28-52-70)92(96(90)74-59-35-12-36-60-74)86(72-55-31-10-32-56-72)88-80(66-43-19-4-20-44-66)79(65-41-17-3-18-42-65)87(94-88)85(71-53-29-9-30-54-71)91-83(69-49-25-7-26-50-69)81(67-45-21-5-22-46-67)89(77)95(91)73-57-33-11-34-58-73/h1-62,93-94H. The summed E-state index contributed by atoms with van der Waals surface area (Å²) in [7, 11) is 0. The molecule has 0 radical (unpaired) electrons. The van der Waals surface area contributed by atoms with Gasteiger partial charge in [0.25, 0.3) is 0 Å². The zero-order valence-corrected chi connectivity index (χ0v) is 52.7. The van der Waals surface area contributed by atoms with Gasteiger partial charge >= 0.3 is 0 Å². The van der Waals surface area contributed by atoms with Crippen LogP contribution in [0, 0.1) is 0 Å². The second-order valence-corrected chi connectivity index (χ2v) is 24.3. The second-order valence-electron chi connectivity index (χ2n) is 24.3. The van der Waals surface area contributed by atoms with Crippen molar-refractivity contribution in [3.8, 4) is 78.1 Å². The molecule has 4 nitrogen and oxygen atoms in total. The number of aromatic nitrogens is 4. The van der Waals surface area contributed by atoms with Crippen LogP contribution >= 0.6 is 0 Å². The zero-order valence-electron chi connectivity index (χ0n) is 52.7. The van der Waals surface area contributed by atoms with Crippen LogP contribution < -0.4 is 21.4 Å². The molecule has 1 aliphatic heterocycles. The summed E-state index contributed by atoms with van der Waals surface area (Å²) in [6.07, 6.45) is 0. The van der Waals surface area contributed by atoms with Crippen LogP contribution in [0.5, 0.6) is 0 Å². The number of hydrogen-bond acceptors (Lipinski definition) is 0. The minimum atomic E-state index is 0.952. The van der Waals surface area contributed by atoms with Gasteiger partial charge in [-0.2, -0.15) is 0 Å². The first kappa shape index (κ1) is 57.2. The number of aromatic amines is 2. The molecule has 0 spiro atoms. The summed E-state index contributed by atoms with van der Waals surface area (Å²) in [6, 6.07) is 138. The molecule has 4 heteroatoms. The monoisotopic (exact) mass is 1220 g/mol. The molecule has 96 heavy (non-hydrogen) atoms. The lowest BCUT2D eigenvalue weighted by atomic mass is 9.87. The number of benzene rings is 12. The van der Waals surface area contributed by atoms with E-state index in [0.29, 0.717) is 0 Å². The number of H-pyrrole nitrogens is 2. The Morgan fingerprint density at radius 1 is 0.156 bits per heavy atom. The lowest BCUT2D eigenvalue weighted by molar-refractivity contribution is 0.978. The number of para-hydroxylation sites is 2. The van der Waals surface area contributed by atoms with Gasteiger partial charge in [-0.1, -0.05) is 340 Å². The van der Waals surface area contributed by atoms with E-state index in [-0.39, 0.29) is 0 Å². The van der Waals surface area contributed by atoms with Crippen LogP contribution in [-0.2, 0) is 0 Å². The topological polar surface area (TPSA) is 41.4 Å². The Bertz CT molecular complexity index is 5350. The Morgan fingerprint density at radius 2 is 0.344 bits per heavy atom. The minimum Gasteiger partial charge on any atom is -0.354 e. The highest BCUT2D eigenvalue weighted by atomic mass is 15.0. The molecule has 0 saturated carbocycles. The maximum atomic E-state index is 4.62. The van der Waals surface area contributed by atoms with E-state index in [9.17, 15) is 0 Å². The number of hydrogen-bond donors (Lipinski definition) is 2. The van der Waals surface area contributed by atoms with Crippen molar-refractivity contribution >= 4 is 22.3 Å². The molecule has 452 valence electrons. The molecule has 0 amide bonds. The third-order valence-electron chi connectivity index (χ3n) is 18.7. The van der Waals surface area contributed by atoms with Crippen molar-refractivity contribution in [2.24, 2.45) is 0 Å². The summed E-state index contributed by atoms with van der Waals surface area (Å²) in [5.41, 5.74) is 27.1. The first-order valence-electron chi connectivity index (χ1n) is 32.9. The molecule has 4 aromatic heterocycles. The molecule has 12 aromatic carbocycles. The quantitative estimate of drug-likeness (QED) is 0.122. The first-order chi connectivity index (χ1) is 47.7. The van der Waals surface area contributed by atoms with Crippen LogP contribution in [0.2, 0.25) is 0 Å². The Labute approximate surface area is 558 Å². The highest BCUT2D eigenvalue weighted by Gasteiger charge is 2.34. The van der Waals surface area contributed by atoms with Gasteiger partial charge in [0, 0.05) is 78.4 Å². The maximum absolute atomic E-state index is 4.62. The van der Waals surface area contributed by atoms with Crippen molar-refractivity contribution in [2.45, 2.75) is 0 Å². The van der Waals surface area contributed by atoms with Gasteiger partial charge in [0.1, 0.15) is 0 Å². The molecule has 16 aromatic rings. The van der Waals surface area contributed by atoms with Crippen LogP contribution in [0.25, 0.3) is 100 Å². The van der Waals surface area contributed by atoms with Gasteiger partial charge in [0.2, 0.25) is 0 Å². The smallest absolute Gasteiger partial charge is 0.0647 e. The van der Waals surface area contributed by atoms with E-state index >= 15 is 0 Å². The summed E-state index contributed by atoms with van der Waals surface area (Å²) >= 11 is 0. The van der Waals surface area contributed by atoms with E-state index in [2.05, 4.69) is 395 Å². The lowest BCUT2D eigenvalue weighted by Crippen LogP contribution is -2.31. The van der Waals surface area contributed by atoms with Gasteiger partial charge in [-0.05, 0) is 92.0 Å². The summed E-state index contributed by atoms with van der Waals surface area (Å²) in [5.74, 6) is 0. The first-order valence-corrected chi connectivity index (χ1v) is 32.9. The van der Waals surface area contributed by atoms with E-state index in [1.807, 2.05) is 0 Å². The van der Waals surface area contributed by atoms with E-state index in [4.69, 9.17) is 0 Å². The molecular formula is C92H64N4. The molecule has 2 N–H and O–H groups in total. The molecule has 0 aliphatic carbocycles. The average molecular weight is 1230 g/mol. The SMILES string of the molecule is c1ccc(C2=c3c(-c4ccccc4)c(-c4ccccc4)c(n3-c3ccccc3)=C(c3ccccc3)c3[nH]c(c(-c4ccccc4)c3-c3ccccc3)C(c3ccccc3)=c3c(-c4ccccc4)c(-c4ccccc4)c(n3-c3ccccc3)=C(c3ccccc3)c3ccc2[nH]3)cc1. The number of nitrogens with zero attached hydrogens (tertiary/aromatic N) is 2. The van der Waals surface area contributed by atoms with Gasteiger partial charge < -0.3 is 19.1 Å². The fraction of sp³-hybridized carbons (Fsp3) is 0. The van der Waals surface area contributed by atoms with Crippen LogP contribution in [0.15, 0.2) is 376 Å². The van der Waals surface area contributed by atoms with Crippen molar-refractivity contribution in [2.75, 3.05) is 0 Å². The van der Waals surface area contributed by atoms with Crippen LogP contribution in [0.1, 0.15) is 45.0 Å². The normalized spacial score (nSPS) is 12.1. The largest absolute Gasteiger partial charge is 0.354 e. The van der Waals surface area contributed by atoms with Crippen molar-refractivity contribution < 1.29 is 0 Å².